The molecule has 260 valence electrons. The summed E-state index contributed by atoms with van der Waals surface area (Å²) in [6, 6.07) is 28.0. The largest absolute Gasteiger partial charge is 0.456 e. The molecule has 10 aromatic rings. The van der Waals surface area contributed by atoms with E-state index >= 15 is 0 Å². The first-order valence-corrected chi connectivity index (χ1v) is 17.3. The Hall–Kier alpha value is -7.60. The molecule has 0 N–H and O–H groups in total. The van der Waals surface area contributed by atoms with Gasteiger partial charge in [-0.05, 0) is 60.7 Å². The fourth-order valence-electron chi connectivity index (χ4n) is 7.07. The fraction of sp³-hybridized carbons (Fsp3) is 0.0476. The van der Waals surface area contributed by atoms with Crippen LogP contribution in [0.5, 0.6) is 23.0 Å². The summed E-state index contributed by atoms with van der Waals surface area (Å²) in [6.07, 6.45) is 17.9. The second-order valence-electron chi connectivity index (χ2n) is 12.8. The lowest BCUT2D eigenvalue weighted by Gasteiger charge is -2.11. The third-order valence-corrected chi connectivity index (χ3v) is 9.42. The molecule has 0 aliphatic heterocycles. The Bertz CT molecular complexity index is 2780. The summed E-state index contributed by atoms with van der Waals surface area (Å²) in [7, 11) is 3.91. The van der Waals surface area contributed by atoms with Crippen LogP contribution in [0.4, 0.5) is 0 Å². The third kappa shape index (κ3) is 5.23. The maximum absolute atomic E-state index is 6.46. The van der Waals surface area contributed by atoms with Crippen molar-refractivity contribution in [3.05, 3.63) is 147 Å². The minimum absolute atomic E-state index is 0.604. The molecule has 0 saturated heterocycles. The summed E-state index contributed by atoms with van der Waals surface area (Å²) in [4.78, 5) is 27.5. The highest BCUT2D eigenvalue weighted by atomic mass is 16.5. The van der Waals surface area contributed by atoms with Crippen LogP contribution >= 0.6 is 0 Å². The van der Waals surface area contributed by atoms with Crippen LogP contribution in [-0.2, 0) is 14.1 Å². The first-order valence-electron chi connectivity index (χ1n) is 17.3. The Labute approximate surface area is 308 Å². The van der Waals surface area contributed by atoms with Gasteiger partial charge in [-0.3, -0.25) is 19.1 Å². The molecule has 0 spiro atoms. The van der Waals surface area contributed by atoms with Crippen molar-refractivity contribution in [3.8, 4) is 57.4 Å². The topological polar surface area (TPSA) is 116 Å². The van der Waals surface area contributed by atoms with E-state index in [0.717, 1.165) is 67.3 Å². The van der Waals surface area contributed by atoms with E-state index in [1.807, 2.05) is 108 Å². The number of imidazole rings is 2. The van der Waals surface area contributed by atoms with Crippen LogP contribution in [0.3, 0.4) is 0 Å². The molecule has 54 heavy (non-hydrogen) atoms. The molecule has 0 unspecified atom stereocenters. The lowest BCUT2D eigenvalue weighted by Crippen LogP contribution is -1.97. The van der Waals surface area contributed by atoms with Gasteiger partial charge in [-0.1, -0.05) is 12.1 Å². The minimum Gasteiger partial charge on any atom is -0.456 e. The minimum atomic E-state index is 0.604. The molecular formula is C42H30N10O2. The highest BCUT2D eigenvalue weighted by Crippen LogP contribution is 2.43. The van der Waals surface area contributed by atoms with Gasteiger partial charge in [0.15, 0.2) is 0 Å². The number of aryl methyl sites for hydroxylation is 2. The van der Waals surface area contributed by atoms with Gasteiger partial charge in [-0.2, -0.15) is 0 Å². The lowest BCUT2D eigenvalue weighted by atomic mass is 10.2. The Balaban J connectivity index is 1.15. The van der Waals surface area contributed by atoms with E-state index in [2.05, 4.69) is 41.2 Å². The third-order valence-electron chi connectivity index (χ3n) is 9.42. The highest BCUT2D eigenvalue weighted by molar-refractivity contribution is 6.20. The van der Waals surface area contributed by atoms with Gasteiger partial charge < -0.3 is 18.6 Å². The highest BCUT2D eigenvalue weighted by Gasteiger charge is 2.24. The zero-order chi connectivity index (χ0) is 36.2. The van der Waals surface area contributed by atoms with E-state index in [0.29, 0.717) is 23.0 Å². The van der Waals surface area contributed by atoms with Crippen molar-refractivity contribution in [2.24, 2.45) is 14.1 Å². The quantitative estimate of drug-likeness (QED) is 0.154. The number of hydrogen-bond donors (Lipinski definition) is 0. The van der Waals surface area contributed by atoms with Crippen LogP contribution in [0.15, 0.2) is 147 Å². The number of aromatic nitrogens is 10. The van der Waals surface area contributed by atoms with Crippen molar-refractivity contribution in [2.75, 3.05) is 0 Å². The van der Waals surface area contributed by atoms with Crippen molar-refractivity contribution < 1.29 is 9.47 Å². The number of ether oxygens (including phenoxy) is 2. The fourth-order valence-corrected chi connectivity index (χ4v) is 7.07. The number of fused-ring (bicyclic) bond motifs is 5. The molecule has 12 heteroatoms. The molecule has 8 heterocycles. The van der Waals surface area contributed by atoms with E-state index in [9.17, 15) is 0 Å². The molecule has 8 aromatic heterocycles. The van der Waals surface area contributed by atoms with Crippen LogP contribution in [-0.4, -0.2) is 48.2 Å². The van der Waals surface area contributed by atoms with E-state index in [1.165, 1.54) is 0 Å². The summed E-state index contributed by atoms with van der Waals surface area (Å²) in [6.45, 7) is 0. The average Bonchev–Trinajstić information content (AvgIpc) is 3.98. The van der Waals surface area contributed by atoms with Crippen LogP contribution in [0.2, 0.25) is 0 Å². The van der Waals surface area contributed by atoms with E-state index in [4.69, 9.17) is 19.4 Å². The van der Waals surface area contributed by atoms with Gasteiger partial charge in [-0.15, -0.1) is 0 Å². The monoisotopic (exact) mass is 706 g/mol. The normalized spacial score (nSPS) is 11.5. The van der Waals surface area contributed by atoms with Gasteiger partial charge in [0.25, 0.3) is 0 Å². The van der Waals surface area contributed by atoms with Gasteiger partial charge in [0.1, 0.15) is 46.3 Å². The summed E-state index contributed by atoms with van der Waals surface area (Å²) in [5, 5.41) is 2.00. The maximum atomic E-state index is 6.46. The van der Waals surface area contributed by atoms with Crippen molar-refractivity contribution in [3.63, 3.8) is 0 Å². The van der Waals surface area contributed by atoms with Crippen molar-refractivity contribution in [1.82, 2.24) is 48.2 Å². The van der Waals surface area contributed by atoms with Crippen molar-refractivity contribution >= 4 is 32.8 Å². The molecule has 12 nitrogen and oxygen atoms in total. The molecule has 0 aliphatic carbocycles. The Morgan fingerprint density at radius 2 is 0.944 bits per heavy atom. The summed E-state index contributed by atoms with van der Waals surface area (Å²) in [5.74, 6) is 5.67. The lowest BCUT2D eigenvalue weighted by molar-refractivity contribution is 0.481. The van der Waals surface area contributed by atoms with Crippen LogP contribution in [0.1, 0.15) is 0 Å². The number of benzene rings is 2. The Morgan fingerprint density at radius 3 is 1.35 bits per heavy atom. The van der Waals surface area contributed by atoms with Crippen LogP contribution in [0.25, 0.3) is 67.3 Å². The number of hydrogen-bond acceptors (Lipinski definition) is 8. The summed E-state index contributed by atoms with van der Waals surface area (Å²) in [5.41, 5.74) is 5.52. The predicted molar refractivity (Wildman–Crippen MR) is 206 cm³/mol. The maximum Gasteiger partial charge on any atom is 0.146 e. The smallest absolute Gasteiger partial charge is 0.146 e. The first kappa shape index (κ1) is 31.2. The average molecular weight is 707 g/mol. The van der Waals surface area contributed by atoms with Gasteiger partial charge in [-0.25, -0.2) is 19.9 Å². The molecule has 0 atom stereocenters. The van der Waals surface area contributed by atoms with E-state index in [1.54, 1.807) is 49.6 Å². The number of rotatable bonds is 8. The number of nitrogens with zero attached hydrogens (tertiary/aromatic N) is 10. The first-order chi connectivity index (χ1) is 26.6. The second-order valence-corrected chi connectivity index (χ2v) is 12.8. The molecule has 2 aromatic carbocycles. The van der Waals surface area contributed by atoms with Gasteiger partial charge in [0.05, 0.1) is 34.5 Å². The van der Waals surface area contributed by atoms with Gasteiger partial charge in [0.2, 0.25) is 0 Å². The van der Waals surface area contributed by atoms with Gasteiger partial charge in [0, 0.05) is 97.7 Å². The van der Waals surface area contributed by atoms with Crippen molar-refractivity contribution in [2.45, 2.75) is 0 Å². The second kappa shape index (κ2) is 12.6. The molecule has 0 bridgehead atoms. The van der Waals surface area contributed by atoms with Crippen LogP contribution in [0, 0.1) is 0 Å². The molecular weight excluding hydrogens is 677 g/mol. The van der Waals surface area contributed by atoms with Crippen molar-refractivity contribution in [1.29, 1.82) is 0 Å². The predicted octanol–water partition coefficient (Wildman–Crippen LogP) is 8.69. The Morgan fingerprint density at radius 1 is 0.463 bits per heavy atom. The molecule has 0 radical (unpaired) electrons. The number of pyridine rings is 4. The van der Waals surface area contributed by atoms with Gasteiger partial charge >= 0.3 is 0 Å². The summed E-state index contributed by atoms with van der Waals surface area (Å²) < 4.78 is 21.2. The van der Waals surface area contributed by atoms with E-state index in [-0.39, 0.29) is 0 Å². The molecule has 0 saturated carbocycles. The van der Waals surface area contributed by atoms with Crippen LogP contribution < -0.4 is 9.47 Å². The molecule has 0 fully saturated rings. The zero-order valence-electron chi connectivity index (χ0n) is 29.1. The Kier molecular flexibility index (Phi) is 7.25. The molecule has 0 aliphatic rings. The zero-order valence-corrected chi connectivity index (χ0v) is 29.1. The standard InChI is InChI=1S/C42H30N10O2/c1-49-17-15-47-41(49)27-19-31(25-43-23-27)53-29-9-11-33-35(21-29)51(37-7-3-5-13-45-37)40-34-12-10-30(22-36(34)52(39(33)40)38-8-4-6-14-46-38)54-32-20-28(24-44-26-32)42-48-16-18-50(42)2/h3-26H,1-2H3. The molecule has 0 amide bonds. The SMILES string of the molecule is Cn1ccnc1-c1cncc(Oc2ccc3c(c2)n(-c2ccccn2)c2c4ccc(Oc5cncc(-c6nccn6C)c5)cc4n(-c4ccccn4)c32)c1. The summed E-state index contributed by atoms with van der Waals surface area (Å²) >= 11 is 0. The van der Waals surface area contributed by atoms with E-state index < -0.39 is 0 Å². The molecule has 10 rings (SSSR count).